The first kappa shape index (κ1) is 23.7. The number of rotatable bonds is 4. The van der Waals surface area contributed by atoms with Gasteiger partial charge in [-0.3, -0.25) is 14.7 Å². The number of carbonyl (C=O) groups excluding carboxylic acids is 1. The molecule has 1 aliphatic heterocycles. The molecular weight excluding hydrogens is 455 g/mol. The number of aromatic nitrogens is 3. The Labute approximate surface area is 209 Å². The van der Waals surface area contributed by atoms with Crippen molar-refractivity contribution in [3.63, 3.8) is 0 Å². The van der Waals surface area contributed by atoms with E-state index in [0.717, 1.165) is 44.0 Å². The molecule has 0 unspecified atom stereocenters. The predicted molar refractivity (Wildman–Crippen MR) is 137 cm³/mol. The van der Waals surface area contributed by atoms with E-state index in [0.29, 0.717) is 22.2 Å². The van der Waals surface area contributed by atoms with Crippen LogP contribution in [0.3, 0.4) is 0 Å². The number of carbonyl (C=O) groups is 1. The van der Waals surface area contributed by atoms with Gasteiger partial charge in [0, 0.05) is 68.6 Å². The van der Waals surface area contributed by atoms with Crippen LogP contribution in [0.15, 0.2) is 61.2 Å². The van der Waals surface area contributed by atoms with Gasteiger partial charge in [-0.25, -0.2) is 8.91 Å². The first-order valence-corrected chi connectivity index (χ1v) is 11.9. The smallest absolute Gasteiger partial charge is 0.257 e. The van der Waals surface area contributed by atoms with E-state index < -0.39 is 0 Å². The van der Waals surface area contributed by atoms with Gasteiger partial charge in [-0.15, -0.1) is 0 Å². The van der Waals surface area contributed by atoms with Gasteiger partial charge in [0.25, 0.3) is 5.91 Å². The van der Waals surface area contributed by atoms with Crippen LogP contribution >= 0.6 is 0 Å². The standard InChI is InChI=1S/C28H27FN6O/c1-20-13-26(6-5-23(20)19-34-11-9-33(2)10-12-34)32-28(36)24-14-21(16-30-17-24)3-4-22-18-31-35-8-7-25(29)15-27(22)35/h5-8,13-18H,9-12,19H2,1-2H3,(H,32,36). The van der Waals surface area contributed by atoms with Crippen molar-refractivity contribution in [2.45, 2.75) is 13.5 Å². The molecule has 1 aromatic carbocycles. The number of piperazine rings is 1. The molecule has 0 radical (unpaired) electrons. The molecule has 182 valence electrons. The minimum atomic E-state index is -0.353. The lowest BCUT2D eigenvalue weighted by molar-refractivity contribution is 0.102. The number of nitrogens with one attached hydrogen (secondary N) is 1. The minimum absolute atomic E-state index is 0.254. The summed E-state index contributed by atoms with van der Waals surface area (Å²) in [6.07, 6.45) is 6.23. The van der Waals surface area contributed by atoms with Crippen LogP contribution in [0.4, 0.5) is 10.1 Å². The van der Waals surface area contributed by atoms with Crippen LogP contribution in [0.2, 0.25) is 0 Å². The molecule has 8 heteroatoms. The number of fused-ring (bicyclic) bond motifs is 1. The molecule has 36 heavy (non-hydrogen) atoms. The lowest BCUT2D eigenvalue weighted by Crippen LogP contribution is -2.43. The highest BCUT2D eigenvalue weighted by atomic mass is 19.1. The minimum Gasteiger partial charge on any atom is -0.322 e. The Morgan fingerprint density at radius 3 is 2.69 bits per heavy atom. The maximum atomic E-state index is 13.6. The van der Waals surface area contributed by atoms with Crippen molar-refractivity contribution in [3.8, 4) is 11.8 Å². The van der Waals surface area contributed by atoms with Gasteiger partial charge in [0.15, 0.2) is 0 Å². The van der Waals surface area contributed by atoms with E-state index in [2.05, 4.69) is 57.1 Å². The normalized spacial score (nSPS) is 14.4. The molecular formula is C28H27FN6O. The summed E-state index contributed by atoms with van der Waals surface area (Å²) in [6, 6.07) is 10.4. The van der Waals surface area contributed by atoms with Crippen molar-refractivity contribution in [1.82, 2.24) is 24.4 Å². The second-order valence-corrected chi connectivity index (χ2v) is 9.12. The highest BCUT2D eigenvalue weighted by molar-refractivity contribution is 6.04. The molecule has 3 aromatic heterocycles. The fraction of sp³-hybridized carbons (Fsp3) is 0.250. The number of likely N-dealkylation sites (N-methyl/N-ethyl adjacent to an activating group) is 1. The monoisotopic (exact) mass is 482 g/mol. The maximum Gasteiger partial charge on any atom is 0.257 e. The summed E-state index contributed by atoms with van der Waals surface area (Å²) in [4.78, 5) is 21.9. The number of amides is 1. The molecule has 1 aliphatic rings. The Morgan fingerprint density at radius 1 is 1.06 bits per heavy atom. The number of anilines is 1. The second-order valence-electron chi connectivity index (χ2n) is 9.12. The highest BCUT2D eigenvalue weighted by Gasteiger charge is 2.15. The Hall–Kier alpha value is -4.06. The third kappa shape index (κ3) is 5.43. The van der Waals surface area contributed by atoms with Crippen molar-refractivity contribution < 1.29 is 9.18 Å². The number of hydrogen-bond donors (Lipinski definition) is 1. The SMILES string of the molecule is Cc1cc(NC(=O)c2cncc(C#Cc3cnn4ccc(F)cc34)c2)ccc1CN1CCN(C)CC1. The number of nitrogens with zero attached hydrogens (tertiary/aromatic N) is 5. The Kier molecular flexibility index (Phi) is 6.76. The number of benzene rings is 1. The zero-order valence-corrected chi connectivity index (χ0v) is 20.3. The van der Waals surface area contributed by atoms with E-state index in [-0.39, 0.29) is 11.7 Å². The fourth-order valence-electron chi connectivity index (χ4n) is 4.22. The van der Waals surface area contributed by atoms with Crippen molar-refractivity contribution in [2.24, 2.45) is 0 Å². The van der Waals surface area contributed by atoms with E-state index in [1.165, 1.54) is 23.9 Å². The summed E-state index contributed by atoms with van der Waals surface area (Å²) in [7, 11) is 2.15. The molecule has 5 rings (SSSR count). The number of aryl methyl sites for hydroxylation is 1. The third-order valence-electron chi connectivity index (χ3n) is 6.42. The molecule has 4 heterocycles. The van der Waals surface area contributed by atoms with Gasteiger partial charge in [-0.1, -0.05) is 17.9 Å². The summed E-state index contributed by atoms with van der Waals surface area (Å²) < 4.78 is 15.2. The van der Waals surface area contributed by atoms with Crippen molar-refractivity contribution >= 4 is 17.1 Å². The van der Waals surface area contributed by atoms with Gasteiger partial charge >= 0.3 is 0 Å². The third-order valence-corrected chi connectivity index (χ3v) is 6.42. The van der Waals surface area contributed by atoms with E-state index >= 15 is 0 Å². The lowest BCUT2D eigenvalue weighted by atomic mass is 10.1. The molecule has 1 N–H and O–H groups in total. The maximum absolute atomic E-state index is 13.6. The Bertz CT molecular complexity index is 1480. The Morgan fingerprint density at radius 2 is 1.89 bits per heavy atom. The van der Waals surface area contributed by atoms with E-state index in [1.807, 2.05) is 12.1 Å². The van der Waals surface area contributed by atoms with E-state index in [9.17, 15) is 9.18 Å². The van der Waals surface area contributed by atoms with E-state index in [1.54, 1.807) is 29.2 Å². The largest absolute Gasteiger partial charge is 0.322 e. The molecule has 1 fully saturated rings. The van der Waals surface area contributed by atoms with Crippen molar-refractivity contribution in [1.29, 1.82) is 0 Å². The van der Waals surface area contributed by atoms with Gasteiger partial charge in [0.05, 0.1) is 22.8 Å². The molecule has 0 aliphatic carbocycles. The summed E-state index contributed by atoms with van der Waals surface area (Å²) in [5.41, 5.74) is 5.32. The number of hydrogen-bond acceptors (Lipinski definition) is 5. The molecule has 0 spiro atoms. The molecule has 0 bridgehead atoms. The van der Waals surface area contributed by atoms with Gasteiger partial charge in [0.2, 0.25) is 0 Å². The predicted octanol–water partition coefficient (Wildman–Crippen LogP) is 3.58. The van der Waals surface area contributed by atoms with Crippen LogP contribution in [0.25, 0.3) is 5.52 Å². The average molecular weight is 483 g/mol. The Balaban J connectivity index is 1.26. The van der Waals surface area contributed by atoms with Crippen LogP contribution in [0, 0.1) is 24.6 Å². The number of halogens is 1. The van der Waals surface area contributed by atoms with Gasteiger partial charge in [-0.2, -0.15) is 5.10 Å². The van der Waals surface area contributed by atoms with Crippen LogP contribution in [0.1, 0.15) is 32.6 Å². The average Bonchev–Trinajstić information content (AvgIpc) is 3.28. The second kappa shape index (κ2) is 10.3. The quantitative estimate of drug-likeness (QED) is 0.451. The van der Waals surface area contributed by atoms with Crippen molar-refractivity contribution in [3.05, 3.63) is 94.8 Å². The van der Waals surface area contributed by atoms with Gasteiger partial charge < -0.3 is 10.2 Å². The molecule has 1 saturated heterocycles. The molecule has 7 nitrogen and oxygen atoms in total. The molecule has 0 atom stereocenters. The zero-order valence-electron chi connectivity index (χ0n) is 20.3. The van der Waals surface area contributed by atoms with Crippen LogP contribution in [0.5, 0.6) is 0 Å². The summed E-state index contributed by atoms with van der Waals surface area (Å²) in [5, 5.41) is 7.14. The topological polar surface area (TPSA) is 65.8 Å². The first-order chi connectivity index (χ1) is 17.4. The van der Waals surface area contributed by atoms with Crippen LogP contribution in [-0.4, -0.2) is 63.5 Å². The van der Waals surface area contributed by atoms with Gasteiger partial charge in [-0.05, 0) is 49.4 Å². The fourth-order valence-corrected chi connectivity index (χ4v) is 4.22. The first-order valence-electron chi connectivity index (χ1n) is 11.9. The number of pyridine rings is 2. The zero-order chi connectivity index (χ0) is 25.1. The summed E-state index contributed by atoms with van der Waals surface area (Å²) in [6.45, 7) is 7.29. The van der Waals surface area contributed by atoms with Crippen LogP contribution < -0.4 is 5.32 Å². The van der Waals surface area contributed by atoms with E-state index in [4.69, 9.17) is 0 Å². The molecule has 0 saturated carbocycles. The van der Waals surface area contributed by atoms with Gasteiger partial charge in [0.1, 0.15) is 5.82 Å². The summed E-state index contributed by atoms with van der Waals surface area (Å²) >= 11 is 0. The van der Waals surface area contributed by atoms with Crippen molar-refractivity contribution in [2.75, 3.05) is 38.5 Å². The highest BCUT2D eigenvalue weighted by Crippen LogP contribution is 2.19. The van der Waals surface area contributed by atoms with Crippen LogP contribution in [-0.2, 0) is 6.54 Å². The molecule has 4 aromatic rings. The lowest BCUT2D eigenvalue weighted by Gasteiger charge is -2.32. The molecule has 1 amide bonds. The summed E-state index contributed by atoms with van der Waals surface area (Å²) in [5.74, 6) is 5.39.